The van der Waals surface area contributed by atoms with E-state index in [0.29, 0.717) is 19.3 Å². The van der Waals surface area contributed by atoms with Gasteiger partial charge in [-0.05, 0) is 12.8 Å². The van der Waals surface area contributed by atoms with Crippen LogP contribution in [-0.4, -0.2) is 24.3 Å². The second kappa shape index (κ2) is 7.50. The Labute approximate surface area is 98.8 Å². The van der Waals surface area contributed by atoms with Gasteiger partial charge in [0, 0.05) is 6.04 Å². The van der Waals surface area contributed by atoms with Crippen LogP contribution in [0, 0.1) is 0 Å². The molecule has 0 aromatic carbocycles. The molecule has 0 heterocycles. The van der Waals surface area contributed by atoms with E-state index in [-0.39, 0.29) is 0 Å². The van der Waals surface area contributed by atoms with Crippen LogP contribution in [0.3, 0.4) is 0 Å². The summed E-state index contributed by atoms with van der Waals surface area (Å²) in [6, 6.07) is -0.447. The van der Waals surface area contributed by atoms with Crippen molar-refractivity contribution < 1.29 is 22.4 Å². The largest absolute Gasteiger partial charge is 0.383 e. The third-order valence-corrected chi connectivity index (χ3v) is 2.46. The number of alkyl halides is 4. The van der Waals surface area contributed by atoms with Crippen LogP contribution in [0.2, 0.25) is 0 Å². The van der Waals surface area contributed by atoms with Crippen LogP contribution in [0.15, 0.2) is 0 Å². The van der Waals surface area contributed by atoms with Gasteiger partial charge in [0.25, 0.3) is 5.91 Å². The highest BCUT2D eigenvalue weighted by Gasteiger charge is 2.49. The first kappa shape index (κ1) is 16.2. The number of hydrogen-bond acceptors (Lipinski definition) is 1. The molecule has 0 aliphatic carbocycles. The SMILES string of the molecule is CCCCC(CCC)NC(=O)C(F)(F)C(F)F. The van der Waals surface area contributed by atoms with Gasteiger partial charge in [-0.25, -0.2) is 8.78 Å². The summed E-state index contributed by atoms with van der Waals surface area (Å²) < 4.78 is 49.3. The van der Waals surface area contributed by atoms with Crippen LogP contribution in [0.5, 0.6) is 0 Å². The van der Waals surface area contributed by atoms with Crippen molar-refractivity contribution in [3.05, 3.63) is 0 Å². The molecule has 1 amide bonds. The van der Waals surface area contributed by atoms with Crippen molar-refractivity contribution in [1.82, 2.24) is 5.32 Å². The van der Waals surface area contributed by atoms with Gasteiger partial charge in [0.15, 0.2) is 0 Å². The number of halogens is 4. The van der Waals surface area contributed by atoms with Gasteiger partial charge in [-0.2, -0.15) is 8.78 Å². The van der Waals surface area contributed by atoms with E-state index in [1.54, 1.807) is 0 Å². The van der Waals surface area contributed by atoms with Crippen LogP contribution in [0.25, 0.3) is 0 Å². The van der Waals surface area contributed by atoms with Gasteiger partial charge in [-0.1, -0.05) is 33.1 Å². The van der Waals surface area contributed by atoms with E-state index in [4.69, 9.17) is 0 Å². The van der Waals surface area contributed by atoms with Crippen LogP contribution in [0.1, 0.15) is 46.0 Å². The lowest BCUT2D eigenvalue weighted by molar-refractivity contribution is -0.170. The van der Waals surface area contributed by atoms with Crippen LogP contribution >= 0.6 is 0 Å². The molecule has 0 rings (SSSR count). The average molecular weight is 257 g/mol. The van der Waals surface area contributed by atoms with E-state index in [2.05, 4.69) is 0 Å². The number of nitrogens with one attached hydrogen (secondary N) is 1. The van der Waals surface area contributed by atoms with Gasteiger partial charge < -0.3 is 5.32 Å². The Kier molecular flexibility index (Phi) is 7.15. The standard InChI is InChI=1S/C11H19F4NO/c1-3-5-7-8(6-4-2)16-10(17)11(14,15)9(12)13/h8-9H,3-7H2,1-2H3,(H,16,17). The minimum atomic E-state index is -4.60. The van der Waals surface area contributed by atoms with E-state index in [9.17, 15) is 22.4 Å². The van der Waals surface area contributed by atoms with Crippen molar-refractivity contribution in [3.8, 4) is 0 Å². The fourth-order valence-corrected chi connectivity index (χ4v) is 1.47. The van der Waals surface area contributed by atoms with E-state index in [0.717, 1.165) is 12.8 Å². The van der Waals surface area contributed by atoms with Gasteiger partial charge in [-0.3, -0.25) is 4.79 Å². The molecule has 0 saturated carbocycles. The quantitative estimate of drug-likeness (QED) is 0.664. The Hall–Kier alpha value is -0.810. The van der Waals surface area contributed by atoms with Gasteiger partial charge in [0.2, 0.25) is 0 Å². The topological polar surface area (TPSA) is 29.1 Å². The molecule has 0 bridgehead atoms. The fourth-order valence-electron chi connectivity index (χ4n) is 1.47. The van der Waals surface area contributed by atoms with E-state index < -0.39 is 24.3 Å². The lowest BCUT2D eigenvalue weighted by Gasteiger charge is -2.21. The highest BCUT2D eigenvalue weighted by Crippen LogP contribution is 2.23. The summed E-state index contributed by atoms with van der Waals surface area (Å²) in [6.45, 7) is 3.77. The Morgan fingerprint density at radius 2 is 1.76 bits per heavy atom. The highest BCUT2D eigenvalue weighted by atomic mass is 19.3. The van der Waals surface area contributed by atoms with E-state index in [1.807, 2.05) is 19.2 Å². The molecule has 0 aliphatic rings. The maximum atomic E-state index is 12.7. The maximum Gasteiger partial charge on any atom is 0.383 e. The zero-order valence-corrected chi connectivity index (χ0v) is 10.1. The predicted octanol–water partition coefficient (Wildman–Crippen LogP) is 3.36. The second-order valence-electron chi connectivity index (χ2n) is 4.02. The van der Waals surface area contributed by atoms with Crippen molar-refractivity contribution in [2.24, 2.45) is 0 Å². The Bertz CT molecular complexity index is 234. The summed E-state index contributed by atoms with van der Waals surface area (Å²) in [5, 5.41) is 2.01. The summed E-state index contributed by atoms with van der Waals surface area (Å²) in [5.41, 5.74) is 0. The monoisotopic (exact) mass is 257 g/mol. The molecule has 0 radical (unpaired) electrons. The molecule has 17 heavy (non-hydrogen) atoms. The van der Waals surface area contributed by atoms with Crippen LogP contribution < -0.4 is 5.32 Å². The third-order valence-electron chi connectivity index (χ3n) is 2.46. The number of carbonyl (C=O) groups is 1. The Balaban J connectivity index is 4.38. The fraction of sp³-hybridized carbons (Fsp3) is 0.909. The molecular weight excluding hydrogens is 238 g/mol. The number of unbranched alkanes of at least 4 members (excludes halogenated alkanes) is 1. The van der Waals surface area contributed by atoms with Gasteiger partial charge in [0.1, 0.15) is 0 Å². The van der Waals surface area contributed by atoms with Crippen LogP contribution in [0.4, 0.5) is 17.6 Å². The molecule has 6 heteroatoms. The molecule has 0 spiro atoms. The summed E-state index contributed by atoms with van der Waals surface area (Å²) in [4.78, 5) is 11.0. The summed E-state index contributed by atoms with van der Waals surface area (Å²) in [5.74, 6) is -6.47. The molecule has 0 aliphatic heterocycles. The third kappa shape index (κ3) is 5.37. The molecule has 1 unspecified atom stereocenters. The van der Waals surface area contributed by atoms with E-state index in [1.165, 1.54) is 0 Å². The first-order chi connectivity index (χ1) is 7.86. The first-order valence-electron chi connectivity index (χ1n) is 5.83. The Morgan fingerprint density at radius 3 is 2.18 bits per heavy atom. The zero-order valence-electron chi connectivity index (χ0n) is 10.1. The Morgan fingerprint density at radius 1 is 1.18 bits per heavy atom. The molecular formula is C11H19F4NO. The number of carbonyl (C=O) groups excluding carboxylic acids is 1. The number of rotatable bonds is 8. The molecule has 102 valence electrons. The van der Waals surface area contributed by atoms with Crippen LogP contribution in [-0.2, 0) is 4.79 Å². The van der Waals surface area contributed by atoms with E-state index >= 15 is 0 Å². The lowest BCUT2D eigenvalue weighted by Crippen LogP contribution is -2.49. The molecule has 0 aromatic rings. The van der Waals surface area contributed by atoms with Crippen molar-refractivity contribution in [1.29, 1.82) is 0 Å². The molecule has 1 N–H and O–H groups in total. The lowest BCUT2D eigenvalue weighted by atomic mass is 10.0. The summed E-state index contributed by atoms with van der Waals surface area (Å²) in [6.07, 6.45) is -0.571. The first-order valence-corrected chi connectivity index (χ1v) is 5.83. The number of hydrogen-bond donors (Lipinski definition) is 1. The van der Waals surface area contributed by atoms with Gasteiger partial charge in [-0.15, -0.1) is 0 Å². The molecule has 1 atom stereocenters. The van der Waals surface area contributed by atoms with Crippen molar-refractivity contribution in [3.63, 3.8) is 0 Å². The second-order valence-corrected chi connectivity index (χ2v) is 4.02. The zero-order chi connectivity index (χ0) is 13.5. The van der Waals surface area contributed by atoms with Gasteiger partial charge in [0.05, 0.1) is 0 Å². The van der Waals surface area contributed by atoms with Crippen molar-refractivity contribution >= 4 is 5.91 Å². The van der Waals surface area contributed by atoms with Crippen molar-refractivity contribution in [2.75, 3.05) is 0 Å². The van der Waals surface area contributed by atoms with Gasteiger partial charge >= 0.3 is 12.3 Å². The van der Waals surface area contributed by atoms with Crippen molar-refractivity contribution in [2.45, 2.75) is 64.3 Å². The molecule has 2 nitrogen and oxygen atoms in total. The summed E-state index contributed by atoms with van der Waals surface area (Å²) in [7, 11) is 0. The number of amides is 1. The normalized spacial score (nSPS) is 13.8. The smallest absolute Gasteiger partial charge is 0.348 e. The predicted molar refractivity (Wildman–Crippen MR) is 57.3 cm³/mol. The minimum Gasteiger partial charge on any atom is -0.348 e. The maximum absolute atomic E-state index is 12.7. The molecule has 0 aromatic heterocycles. The average Bonchev–Trinajstić information content (AvgIpc) is 2.25. The highest BCUT2D eigenvalue weighted by molar-refractivity contribution is 5.84. The summed E-state index contributed by atoms with van der Waals surface area (Å²) >= 11 is 0. The minimum absolute atomic E-state index is 0.447. The molecule has 0 saturated heterocycles. The molecule has 0 fully saturated rings.